The lowest BCUT2D eigenvalue weighted by Gasteiger charge is -2.17. The lowest BCUT2D eigenvalue weighted by Crippen LogP contribution is -2.39. The van der Waals surface area contributed by atoms with E-state index in [1.54, 1.807) is 6.20 Å². The minimum absolute atomic E-state index is 0.223. The molecule has 0 aromatic carbocycles. The summed E-state index contributed by atoms with van der Waals surface area (Å²) in [5, 5.41) is 5.44. The topological polar surface area (TPSA) is 59.6 Å². The standard InChI is InChI=1S/C13H24N2O3/c1-4-17-12(18-5-2)9-15-13(16)14-8-10(3)11-6-7-11/h8,11-12H,4-7,9H2,1-3H3,(H2,14,15,16)/b10-8+. The maximum atomic E-state index is 11.5. The van der Waals surface area contributed by atoms with Crippen LogP contribution in [-0.2, 0) is 9.47 Å². The average molecular weight is 256 g/mol. The van der Waals surface area contributed by atoms with Crippen LogP contribution in [0.1, 0.15) is 33.6 Å². The molecule has 1 saturated carbocycles. The van der Waals surface area contributed by atoms with Crippen LogP contribution in [0.3, 0.4) is 0 Å². The largest absolute Gasteiger partial charge is 0.351 e. The van der Waals surface area contributed by atoms with Crippen LogP contribution in [0, 0.1) is 5.92 Å². The van der Waals surface area contributed by atoms with Crippen LogP contribution in [0.25, 0.3) is 0 Å². The molecule has 1 rings (SSSR count). The molecule has 0 saturated heterocycles. The second kappa shape index (κ2) is 8.11. The predicted molar refractivity (Wildman–Crippen MR) is 70.1 cm³/mol. The number of amides is 2. The normalized spacial score (nSPS) is 15.9. The Hall–Kier alpha value is -1.07. The van der Waals surface area contributed by atoms with E-state index >= 15 is 0 Å². The first-order chi connectivity index (χ1) is 8.67. The van der Waals surface area contributed by atoms with Crippen molar-refractivity contribution in [3.8, 4) is 0 Å². The zero-order chi connectivity index (χ0) is 13.4. The Morgan fingerprint density at radius 2 is 1.94 bits per heavy atom. The Labute approximate surface area is 109 Å². The molecule has 0 spiro atoms. The van der Waals surface area contributed by atoms with E-state index in [-0.39, 0.29) is 12.3 Å². The molecule has 2 N–H and O–H groups in total. The fourth-order valence-electron chi connectivity index (χ4n) is 1.60. The van der Waals surface area contributed by atoms with Crippen LogP contribution in [0.5, 0.6) is 0 Å². The predicted octanol–water partition coefficient (Wildman–Crippen LogP) is 2.00. The Morgan fingerprint density at radius 3 is 2.44 bits per heavy atom. The molecular formula is C13H24N2O3. The zero-order valence-corrected chi connectivity index (χ0v) is 11.5. The number of nitrogens with one attached hydrogen (secondary N) is 2. The van der Waals surface area contributed by atoms with Gasteiger partial charge in [0.05, 0.1) is 6.54 Å². The van der Waals surface area contributed by atoms with Gasteiger partial charge in [-0.05, 0) is 39.5 Å². The number of urea groups is 1. The number of carbonyl (C=O) groups is 1. The molecule has 0 aliphatic heterocycles. The molecule has 0 aromatic heterocycles. The van der Waals surface area contributed by atoms with Gasteiger partial charge in [0.2, 0.25) is 0 Å². The molecule has 104 valence electrons. The summed E-state index contributed by atoms with van der Waals surface area (Å²) in [5.41, 5.74) is 1.23. The Kier molecular flexibility index (Phi) is 6.75. The lowest BCUT2D eigenvalue weighted by atomic mass is 10.2. The third-order valence-electron chi connectivity index (χ3n) is 2.79. The van der Waals surface area contributed by atoms with Gasteiger partial charge in [-0.2, -0.15) is 0 Å². The van der Waals surface area contributed by atoms with Crippen LogP contribution >= 0.6 is 0 Å². The second-order valence-corrected chi connectivity index (χ2v) is 4.36. The number of hydrogen-bond donors (Lipinski definition) is 2. The van der Waals surface area contributed by atoms with Crippen molar-refractivity contribution >= 4 is 6.03 Å². The van der Waals surface area contributed by atoms with Gasteiger partial charge >= 0.3 is 6.03 Å². The third-order valence-corrected chi connectivity index (χ3v) is 2.79. The van der Waals surface area contributed by atoms with Crippen molar-refractivity contribution in [2.24, 2.45) is 5.92 Å². The van der Waals surface area contributed by atoms with Crippen molar-refractivity contribution in [1.82, 2.24) is 10.6 Å². The van der Waals surface area contributed by atoms with Crippen molar-refractivity contribution in [3.63, 3.8) is 0 Å². The van der Waals surface area contributed by atoms with Gasteiger partial charge in [0, 0.05) is 19.4 Å². The van der Waals surface area contributed by atoms with Crippen LogP contribution in [0.15, 0.2) is 11.8 Å². The molecule has 0 unspecified atom stereocenters. The van der Waals surface area contributed by atoms with Crippen molar-refractivity contribution in [3.05, 3.63) is 11.8 Å². The summed E-state index contributed by atoms with van der Waals surface area (Å²) in [4.78, 5) is 11.5. The Balaban J connectivity index is 2.19. The van der Waals surface area contributed by atoms with E-state index in [1.165, 1.54) is 18.4 Å². The number of carbonyl (C=O) groups excluding carboxylic acids is 1. The van der Waals surface area contributed by atoms with Crippen molar-refractivity contribution in [2.45, 2.75) is 39.9 Å². The molecule has 0 radical (unpaired) electrons. The first kappa shape index (κ1) is 15.0. The van der Waals surface area contributed by atoms with Gasteiger partial charge in [0.25, 0.3) is 0 Å². The molecule has 0 atom stereocenters. The molecule has 0 bridgehead atoms. The molecule has 1 aliphatic carbocycles. The minimum Gasteiger partial charge on any atom is -0.351 e. The third kappa shape index (κ3) is 6.02. The van der Waals surface area contributed by atoms with Gasteiger partial charge in [0.1, 0.15) is 0 Å². The lowest BCUT2D eigenvalue weighted by molar-refractivity contribution is -0.131. The van der Waals surface area contributed by atoms with Gasteiger partial charge < -0.3 is 20.1 Å². The number of hydrogen-bond acceptors (Lipinski definition) is 3. The monoisotopic (exact) mass is 256 g/mol. The van der Waals surface area contributed by atoms with Gasteiger partial charge in [-0.3, -0.25) is 0 Å². The number of rotatable bonds is 8. The van der Waals surface area contributed by atoms with Gasteiger partial charge in [-0.15, -0.1) is 0 Å². The van der Waals surface area contributed by atoms with Crippen molar-refractivity contribution in [2.75, 3.05) is 19.8 Å². The quantitative estimate of drug-likeness (QED) is 0.653. The van der Waals surface area contributed by atoms with E-state index < -0.39 is 0 Å². The summed E-state index contributed by atoms with van der Waals surface area (Å²) in [7, 11) is 0. The molecule has 5 nitrogen and oxygen atoms in total. The van der Waals surface area contributed by atoms with Crippen molar-refractivity contribution < 1.29 is 14.3 Å². The fourth-order valence-corrected chi connectivity index (χ4v) is 1.60. The highest BCUT2D eigenvalue weighted by Gasteiger charge is 2.22. The molecule has 0 aromatic rings. The number of allylic oxidation sites excluding steroid dienone is 1. The molecule has 2 amide bonds. The maximum absolute atomic E-state index is 11.5. The molecule has 5 heteroatoms. The van der Waals surface area contributed by atoms with E-state index in [0.29, 0.717) is 25.7 Å². The fraction of sp³-hybridized carbons (Fsp3) is 0.769. The summed E-state index contributed by atoms with van der Waals surface area (Å²) in [5.74, 6) is 0.671. The van der Waals surface area contributed by atoms with Crippen molar-refractivity contribution in [1.29, 1.82) is 0 Å². The van der Waals surface area contributed by atoms with Crippen LogP contribution in [0.4, 0.5) is 4.79 Å². The summed E-state index contributed by atoms with van der Waals surface area (Å²) >= 11 is 0. The molecule has 1 aliphatic rings. The SMILES string of the molecule is CCOC(CNC(=O)N/C=C(\C)C1CC1)OCC. The summed E-state index contributed by atoms with van der Waals surface area (Å²) in [6.07, 6.45) is 3.88. The maximum Gasteiger partial charge on any atom is 0.318 e. The van der Waals surface area contributed by atoms with E-state index in [1.807, 2.05) is 20.8 Å². The summed E-state index contributed by atoms with van der Waals surface area (Å²) in [6, 6.07) is -0.223. The highest BCUT2D eigenvalue weighted by atomic mass is 16.7. The van der Waals surface area contributed by atoms with Gasteiger partial charge in [-0.1, -0.05) is 5.57 Å². The Bertz CT molecular complexity index is 282. The van der Waals surface area contributed by atoms with E-state index in [2.05, 4.69) is 10.6 Å². The summed E-state index contributed by atoms with van der Waals surface area (Å²) < 4.78 is 10.7. The van der Waals surface area contributed by atoms with Crippen LogP contribution in [0.2, 0.25) is 0 Å². The molecule has 0 heterocycles. The summed E-state index contributed by atoms with van der Waals surface area (Å²) in [6.45, 7) is 7.32. The molecular weight excluding hydrogens is 232 g/mol. The van der Waals surface area contributed by atoms with E-state index in [4.69, 9.17) is 9.47 Å². The van der Waals surface area contributed by atoms with Gasteiger partial charge in [-0.25, -0.2) is 4.79 Å². The molecule has 1 fully saturated rings. The molecule has 18 heavy (non-hydrogen) atoms. The highest BCUT2D eigenvalue weighted by Crippen LogP contribution is 2.35. The minimum atomic E-state index is -0.376. The average Bonchev–Trinajstić information content (AvgIpc) is 3.17. The first-order valence-corrected chi connectivity index (χ1v) is 6.61. The van der Waals surface area contributed by atoms with Crippen LogP contribution < -0.4 is 10.6 Å². The Morgan fingerprint density at radius 1 is 1.33 bits per heavy atom. The number of ether oxygens (including phenoxy) is 2. The smallest absolute Gasteiger partial charge is 0.318 e. The zero-order valence-electron chi connectivity index (χ0n) is 11.5. The van der Waals surface area contributed by atoms with E-state index in [9.17, 15) is 4.79 Å². The van der Waals surface area contributed by atoms with Gasteiger partial charge in [0.15, 0.2) is 6.29 Å². The second-order valence-electron chi connectivity index (χ2n) is 4.36. The van der Waals surface area contributed by atoms with E-state index in [0.717, 1.165) is 0 Å². The highest BCUT2D eigenvalue weighted by molar-refractivity contribution is 5.74. The van der Waals surface area contributed by atoms with Crippen LogP contribution in [-0.4, -0.2) is 32.1 Å². The first-order valence-electron chi connectivity index (χ1n) is 6.61.